The molecule has 0 unspecified atom stereocenters. The second-order valence-corrected chi connectivity index (χ2v) is 7.93. The van der Waals surface area contributed by atoms with E-state index in [1.165, 1.54) is 6.26 Å². The van der Waals surface area contributed by atoms with E-state index in [-0.39, 0.29) is 5.75 Å². The monoisotopic (exact) mass is 329 g/mol. The number of anilines is 2. The molecule has 6 heteroatoms. The van der Waals surface area contributed by atoms with Gasteiger partial charge in [-0.3, -0.25) is 5.41 Å². The van der Waals surface area contributed by atoms with Gasteiger partial charge in [-0.25, -0.2) is 8.42 Å². The third-order valence-electron chi connectivity index (χ3n) is 3.90. The molecule has 120 valence electrons. The highest BCUT2D eigenvalue weighted by molar-refractivity contribution is 7.90. The molecule has 0 spiro atoms. The van der Waals surface area contributed by atoms with E-state index in [1.807, 2.05) is 53.4 Å². The number of para-hydroxylation sites is 2. The van der Waals surface area contributed by atoms with Crippen LogP contribution in [0, 0.1) is 5.41 Å². The maximum absolute atomic E-state index is 11.5. The molecule has 2 N–H and O–H groups in total. The standard InChI is InChI=1S/C17H19N3O2S/c1-23(21,22)11-10-13-6-2-5-9-16(13)20-12-19-15-8-4-3-7-14(15)17(20)18/h2-9,18-19H,10-12H2,1H3. The number of rotatable bonds is 4. The summed E-state index contributed by atoms with van der Waals surface area (Å²) in [6, 6.07) is 15.4. The number of hydrogen-bond acceptors (Lipinski definition) is 4. The molecule has 2 aromatic rings. The Morgan fingerprint density at radius 1 is 1.13 bits per heavy atom. The number of sulfone groups is 1. The third-order valence-corrected chi connectivity index (χ3v) is 4.85. The fourth-order valence-electron chi connectivity index (χ4n) is 2.72. The zero-order valence-electron chi connectivity index (χ0n) is 12.9. The first-order chi connectivity index (χ1) is 11.0. The number of hydrogen-bond donors (Lipinski definition) is 2. The van der Waals surface area contributed by atoms with Gasteiger partial charge in [0.1, 0.15) is 15.7 Å². The van der Waals surface area contributed by atoms with E-state index in [9.17, 15) is 8.42 Å². The quantitative estimate of drug-likeness (QED) is 0.904. The van der Waals surface area contributed by atoms with Crippen LogP contribution in [0.3, 0.4) is 0 Å². The van der Waals surface area contributed by atoms with Crippen LogP contribution in [0.15, 0.2) is 48.5 Å². The number of nitrogens with one attached hydrogen (secondary N) is 2. The highest BCUT2D eigenvalue weighted by Crippen LogP contribution is 2.28. The summed E-state index contributed by atoms with van der Waals surface area (Å²) in [4.78, 5) is 1.87. The van der Waals surface area contributed by atoms with E-state index < -0.39 is 9.84 Å². The SMILES string of the molecule is CS(=O)(=O)CCc1ccccc1N1CNc2ccccc2C1=N. The summed E-state index contributed by atoms with van der Waals surface area (Å²) in [7, 11) is -3.02. The van der Waals surface area contributed by atoms with Crippen molar-refractivity contribution in [3.8, 4) is 0 Å². The molecule has 1 aliphatic heterocycles. The summed E-state index contributed by atoms with van der Waals surface area (Å²) in [5.41, 5.74) is 3.60. The van der Waals surface area contributed by atoms with E-state index in [2.05, 4.69) is 5.32 Å². The van der Waals surface area contributed by atoms with Crippen LogP contribution in [0.5, 0.6) is 0 Å². The van der Waals surface area contributed by atoms with Crippen molar-refractivity contribution in [2.24, 2.45) is 0 Å². The molecule has 1 aliphatic rings. The Labute approximate surface area is 136 Å². The summed E-state index contributed by atoms with van der Waals surface area (Å²) < 4.78 is 22.9. The lowest BCUT2D eigenvalue weighted by Gasteiger charge is -2.33. The van der Waals surface area contributed by atoms with Crippen molar-refractivity contribution in [1.82, 2.24) is 0 Å². The van der Waals surface area contributed by atoms with E-state index >= 15 is 0 Å². The molecule has 2 aromatic carbocycles. The number of fused-ring (bicyclic) bond motifs is 1. The zero-order valence-corrected chi connectivity index (χ0v) is 13.7. The van der Waals surface area contributed by atoms with Crippen molar-refractivity contribution in [3.63, 3.8) is 0 Å². The van der Waals surface area contributed by atoms with Crippen LogP contribution in [-0.4, -0.2) is 32.9 Å². The molecule has 0 radical (unpaired) electrons. The molecule has 0 fully saturated rings. The van der Waals surface area contributed by atoms with Gasteiger partial charge in [-0.05, 0) is 30.2 Å². The largest absolute Gasteiger partial charge is 0.367 e. The van der Waals surface area contributed by atoms with Crippen LogP contribution >= 0.6 is 0 Å². The third kappa shape index (κ3) is 3.37. The second kappa shape index (κ2) is 6.04. The van der Waals surface area contributed by atoms with Crippen LogP contribution in [0.2, 0.25) is 0 Å². The molecule has 1 heterocycles. The molecule has 0 saturated heterocycles. The molecular formula is C17H19N3O2S. The first-order valence-electron chi connectivity index (χ1n) is 7.41. The van der Waals surface area contributed by atoms with Crippen molar-refractivity contribution >= 4 is 27.0 Å². The normalized spacial score (nSPS) is 14.3. The first kappa shape index (κ1) is 15.6. The fraction of sp³-hybridized carbons (Fsp3) is 0.235. The van der Waals surface area contributed by atoms with Crippen LogP contribution in [0.1, 0.15) is 11.1 Å². The van der Waals surface area contributed by atoms with Crippen LogP contribution in [0.25, 0.3) is 0 Å². The van der Waals surface area contributed by atoms with Gasteiger partial charge in [-0.1, -0.05) is 30.3 Å². The average molecular weight is 329 g/mol. The van der Waals surface area contributed by atoms with E-state index in [0.717, 1.165) is 22.5 Å². The van der Waals surface area contributed by atoms with Gasteiger partial charge in [0.15, 0.2) is 0 Å². The van der Waals surface area contributed by atoms with Gasteiger partial charge >= 0.3 is 0 Å². The van der Waals surface area contributed by atoms with E-state index in [0.29, 0.717) is 18.9 Å². The summed E-state index contributed by atoms with van der Waals surface area (Å²) >= 11 is 0. The summed E-state index contributed by atoms with van der Waals surface area (Å²) in [5, 5.41) is 11.8. The molecule has 0 atom stereocenters. The van der Waals surface area contributed by atoms with Gasteiger partial charge in [0.05, 0.1) is 12.4 Å². The molecule has 23 heavy (non-hydrogen) atoms. The Hall–Kier alpha value is -2.34. The van der Waals surface area contributed by atoms with Gasteiger partial charge in [0.2, 0.25) is 0 Å². The Morgan fingerprint density at radius 3 is 2.61 bits per heavy atom. The van der Waals surface area contributed by atoms with Crippen molar-refractivity contribution in [2.75, 3.05) is 28.9 Å². The lowest BCUT2D eigenvalue weighted by atomic mass is 10.1. The highest BCUT2D eigenvalue weighted by Gasteiger charge is 2.23. The zero-order chi connectivity index (χ0) is 16.4. The molecule has 3 rings (SSSR count). The predicted molar refractivity (Wildman–Crippen MR) is 94.1 cm³/mol. The maximum atomic E-state index is 11.5. The van der Waals surface area contributed by atoms with Crippen molar-refractivity contribution < 1.29 is 8.42 Å². The highest BCUT2D eigenvalue weighted by atomic mass is 32.2. The van der Waals surface area contributed by atoms with Crippen LogP contribution in [-0.2, 0) is 16.3 Å². The average Bonchev–Trinajstić information content (AvgIpc) is 2.53. The molecule has 0 saturated carbocycles. The summed E-state index contributed by atoms with van der Waals surface area (Å²) in [5.74, 6) is 0.529. The summed E-state index contributed by atoms with van der Waals surface area (Å²) in [6.07, 6.45) is 1.69. The molecule has 0 aliphatic carbocycles. The lowest BCUT2D eigenvalue weighted by Crippen LogP contribution is -2.40. The Kier molecular flexibility index (Phi) is 4.09. The fourth-order valence-corrected chi connectivity index (χ4v) is 3.31. The predicted octanol–water partition coefficient (Wildman–Crippen LogP) is 2.49. The molecule has 0 amide bonds. The van der Waals surface area contributed by atoms with E-state index in [4.69, 9.17) is 5.41 Å². The number of aryl methyl sites for hydroxylation is 1. The Morgan fingerprint density at radius 2 is 1.83 bits per heavy atom. The van der Waals surface area contributed by atoms with Crippen molar-refractivity contribution in [2.45, 2.75) is 6.42 Å². The van der Waals surface area contributed by atoms with Crippen LogP contribution < -0.4 is 10.2 Å². The minimum atomic E-state index is -3.02. The number of amidine groups is 1. The molecule has 5 nitrogen and oxygen atoms in total. The van der Waals surface area contributed by atoms with Gasteiger partial charge in [0, 0.05) is 23.2 Å². The topological polar surface area (TPSA) is 73.3 Å². The summed E-state index contributed by atoms with van der Waals surface area (Å²) in [6.45, 7) is 0.492. The van der Waals surface area contributed by atoms with Crippen molar-refractivity contribution in [3.05, 3.63) is 59.7 Å². The van der Waals surface area contributed by atoms with Gasteiger partial charge < -0.3 is 10.2 Å². The Balaban J connectivity index is 1.92. The molecular weight excluding hydrogens is 310 g/mol. The van der Waals surface area contributed by atoms with E-state index in [1.54, 1.807) is 0 Å². The smallest absolute Gasteiger partial charge is 0.147 e. The molecule has 0 bridgehead atoms. The minimum absolute atomic E-state index is 0.106. The number of benzene rings is 2. The van der Waals surface area contributed by atoms with Gasteiger partial charge in [-0.15, -0.1) is 0 Å². The minimum Gasteiger partial charge on any atom is -0.367 e. The second-order valence-electron chi connectivity index (χ2n) is 5.67. The molecule has 0 aromatic heterocycles. The first-order valence-corrected chi connectivity index (χ1v) is 9.47. The Bertz CT molecular complexity index is 846. The lowest BCUT2D eigenvalue weighted by molar-refractivity contribution is 0.601. The van der Waals surface area contributed by atoms with Crippen molar-refractivity contribution in [1.29, 1.82) is 5.41 Å². The van der Waals surface area contributed by atoms with Gasteiger partial charge in [0.25, 0.3) is 0 Å². The van der Waals surface area contributed by atoms with Gasteiger partial charge in [-0.2, -0.15) is 0 Å². The van der Waals surface area contributed by atoms with Crippen LogP contribution in [0.4, 0.5) is 11.4 Å². The maximum Gasteiger partial charge on any atom is 0.147 e. The number of nitrogens with zero attached hydrogens (tertiary/aromatic N) is 1.